The van der Waals surface area contributed by atoms with Gasteiger partial charge in [-0.15, -0.1) is 0 Å². The molecular weight excluding hydrogens is 332 g/mol. The van der Waals surface area contributed by atoms with Crippen molar-refractivity contribution >= 4 is 27.6 Å². The van der Waals surface area contributed by atoms with E-state index in [1.807, 2.05) is 12.1 Å². The number of halogens is 1. The number of hydrogen-bond donors (Lipinski definition) is 1. The number of carboxylic acid groups (broad SMARTS) is 1. The Morgan fingerprint density at radius 2 is 2.14 bits per heavy atom. The molecule has 1 saturated carbocycles. The number of hydrogen-bond acceptors (Lipinski definition) is 3. The summed E-state index contributed by atoms with van der Waals surface area (Å²) in [5.41, 5.74) is 1.48. The van der Waals surface area contributed by atoms with Crippen LogP contribution in [-0.4, -0.2) is 23.2 Å². The molecular formula is C16H17BrN2O2. The highest BCUT2D eigenvalue weighted by atomic mass is 79.9. The van der Waals surface area contributed by atoms with Crippen LogP contribution in [0.4, 0.5) is 5.69 Å². The Morgan fingerprint density at radius 3 is 2.81 bits per heavy atom. The average molecular weight is 349 g/mol. The highest BCUT2D eigenvalue weighted by molar-refractivity contribution is 9.10. The van der Waals surface area contributed by atoms with Crippen molar-refractivity contribution < 1.29 is 9.90 Å². The maximum atomic E-state index is 11.6. The van der Waals surface area contributed by atoms with E-state index in [0.717, 1.165) is 29.4 Å². The maximum Gasteiger partial charge on any atom is 0.326 e. The highest BCUT2D eigenvalue weighted by Crippen LogP contribution is 2.43. The van der Waals surface area contributed by atoms with Crippen LogP contribution in [0.3, 0.4) is 0 Å². The number of aliphatic carboxylic acids is 1. The number of rotatable bonds is 2. The van der Waals surface area contributed by atoms with Gasteiger partial charge in [-0.3, -0.25) is 0 Å². The Kier molecular flexibility index (Phi) is 3.90. The Labute approximate surface area is 132 Å². The van der Waals surface area contributed by atoms with Gasteiger partial charge in [0.15, 0.2) is 0 Å². The van der Waals surface area contributed by atoms with Crippen LogP contribution < -0.4 is 4.90 Å². The molecule has 2 aliphatic rings. The number of benzene rings is 1. The zero-order valence-electron chi connectivity index (χ0n) is 11.6. The molecule has 1 saturated heterocycles. The first-order chi connectivity index (χ1) is 10.1. The topological polar surface area (TPSA) is 64.3 Å². The molecule has 2 fully saturated rings. The Balaban J connectivity index is 1.98. The number of carbonyl (C=O) groups is 1. The average Bonchev–Trinajstić information content (AvgIpc) is 2.86. The lowest BCUT2D eigenvalue weighted by Gasteiger charge is -2.34. The smallest absolute Gasteiger partial charge is 0.326 e. The predicted octanol–water partition coefficient (Wildman–Crippen LogP) is 3.54. The SMILES string of the molecule is N#Cc1ccc(N2C(C(=O)O)CC3CCCCC32)cc1Br. The molecule has 3 rings (SSSR count). The molecule has 5 heteroatoms. The number of anilines is 1. The summed E-state index contributed by atoms with van der Waals surface area (Å²) >= 11 is 3.40. The van der Waals surface area contributed by atoms with Gasteiger partial charge in [-0.1, -0.05) is 12.8 Å². The van der Waals surface area contributed by atoms with Crippen molar-refractivity contribution in [3.8, 4) is 6.07 Å². The number of carboxylic acids is 1. The van der Waals surface area contributed by atoms with Gasteiger partial charge < -0.3 is 10.0 Å². The number of nitrogens with zero attached hydrogens (tertiary/aromatic N) is 2. The first-order valence-corrected chi connectivity index (χ1v) is 8.12. The summed E-state index contributed by atoms with van der Waals surface area (Å²) in [4.78, 5) is 13.7. The van der Waals surface area contributed by atoms with E-state index < -0.39 is 12.0 Å². The third-order valence-electron chi connectivity index (χ3n) is 4.74. The summed E-state index contributed by atoms with van der Waals surface area (Å²) in [6.45, 7) is 0. The summed E-state index contributed by atoms with van der Waals surface area (Å²) in [5.74, 6) is -0.265. The molecule has 3 atom stereocenters. The molecule has 1 aromatic carbocycles. The van der Waals surface area contributed by atoms with Crippen LogP contribution in [0, 0.1) is 17.2 Å². The zero-order valence-corrected chi connectivity index (χ0v) is 13.2. The van der Waals surface area contributed by atoms with Crippen molar-refractivity contribution in [2.45, 2.75) is 44.2 Å². The molecule has 3 unspecified atom stereocenters. The normalized spacial score (nSPS) is 28.0. The molecule has 0 spiro atoms. The van der Waals surface area contributed by atoms with E-state index in [0.29, 0.717) is 17.5 Å². The molecule has 1 aromatic rings. The van der Waals surface area contributed by atoms with E-state index in [1.165, 1.54) is 12.8 Å². The van der Waals surface area contributed by atoms with Crippen LogP contribution in [0.1, 0.15) is 37.7 Å². The standard InChI is InChI=1S/C16H17BrN2O2/c17-13-8-12(6-5-11(13)9-18)19-14-4-2-1-3-10(14)7-15(19)16(20)21/h5-6,8,10,14-15H,1-4,7H2,(H,20,21). The fourth-order valence-electron chi connectivity index (χ4n) is 3.81. The highest BCUT2D eigenvalue weighted by Gasteiger charge is 2.45. The van der Waals surface area contributed by atoms with Crippen molar-refractivity contribution in [3.63, 3.8) is 0 Å². The molecule has 4 nitrogen and oxygen atoms in total. The third-order valence-corrected chi connectivity index (χ3v) is 5.40. The van der Waals surface area contributed by atoms with Crippen LogP contribution in [0.5, 0.6) is 0 Å². The summed E-state index contributed by atoms with van der Waals surface area (Å²) in [5, 5.41) is 18.6. The Hall–Kier alpha value is -1.54. The molecule has 21 heavy (non-hydrogen) atoms. The van der Waals surface area contributed by atoms with Gasteiger partial charge in [0, 0.05) is 16.2 Å². The molecule has 1 heterocycles. The van der Waals surface area contributed by atoms with Crippen molar-refractivity contribution in [2.24, 2.45) is 5.92 Å². The minimum absolute atomic E-state index is 0.319. The third kappa shape index (κ3) is 2.53. The molecule has 0 amide bonds. The van der Waals surface area contributed by atoms with Crippen molar-refractivity contribution in [3.05, 3.63) is 28.2 Å². The van der Waals surface area contributed by atoms with E-state index in [9.17, 15) is 9.90 Å². The monoisotopic (exact) mass is 348 g/mol. The van der Waals surface area contributed by atoms with Crippen molar-refractivity contribution in [1.82, 2.24) is 0 Å². The van der Waals surface area contributed by atoms with Crippen molar-refractivity contribution in [1.29, 1.82) is 5.26 Å². The molecule has 1 N–H and O–H groups in total. The molecule has 0 bridgehead atoms. The van der Waals surface area contributed by atoms with Gasteiger partial charge in [-0.25, -0.2) is 4.79 Å². The van der Waals surface area contributed by atoms with E-state index in [1.54, 1.807) is 6.07 Å². The van der Waals surface area contributed by atoms with Gasteiger partial charge >= 0.3 is 5.97 Å². The minimum atomic E-state index is -0.745. The lowest BCUT2D eigenvalue weighted by Crippen LogP contribution is -2.42. The fourth-order valence-corrected chi connectivity index (χ4v) is 4.26. The minimum Gasteiger partial charge on any atom is -0.480 e. The van der Waals surface area contributed by atoms with Crippen LogP contribution in [0.2, 0.25) is 0 Å². The second-order valence-electron chi connectivity index (χ2n) is 5.88. The molecule has 1 aliphatic heterocycles. The van der Waals surface area contributed by atoms with Crippen LogP contribution >= 0.6 is 15.9 Å². The quantitative estimate of drug-likeness (QED) is 0.887. The fraction of sp³-hybridized carbons (Fsp3) is 0.500. The van der Waals surface area contributed by atoms with Crippen LogP contribution in [-0.2, 0) is 4.79 Å². The largest absolute Gasteiger partial charge is 0.480 e. The molecule has 0 aromatic heterocycles. The van der Waals surface area contributed by atoms with Crippen LogP contribution in [0.25, 0.3) is 0 Å². The first-order valence-electron chi connectivity index (χ1n) is 7.32. The van der Waals surface area contributed by atoms with E-state index in [2.05, 4.69) is 26.9 Å². The van der Waals surface area contributed by atoms with Gasteiger partial charge in [0.25, 0.3) is 0 Å². The lowest BCUT2D eigenvalue weighted by atomic mass is 9.84. The summed E-state index contributed by atoms with van der Waals surface area (Å²) in [6, 6.07) is 7.50. The molecule has 0 radical (unpaired) electrons. The number of fused-ring (bicyclic) bond motifs is 1. The van der Waals surface area contributed by atoms with Gasteiger partial charge in [0.1, 0.15) is 12.1 Å². The predicted molar refractivity (Wildman–Crippen MR) is 83.1 cm³/mol. The zero-order chi connectivity index (χ0) is 15.0. The van der Waals surface area contributed by atoms with Gasteiger partial charge in [-0.05, 0) is 59.3 Å². The second kappa shape index (κ2) is 5.69. The van der Waals surface area contributed by atoms with Gasteiger partial charge in [-0.2, -0.15) is 5.26 Å². The second-order valence-corrected chi connectivity index (χ2v) is 6.74. The van der Waals surface area contributed by atoms with Gasteiger partial charge in [0.05, 0.1) is 5.56 Å². The number of nitriles is 1. The Morgan fingerprint density at radius 1 is 1.38 bits per heavy atom. The van der Waals surface area contributed by atoms with Gasteiger partial charge in [0.2, 0.25) is 0 Å². The Bertz CT molecular complexity index is 611. The van der Waals surface area contributed by atoms with E-state index in [-0.39, 0.29) is 0 Å². The van der Waals surface area contributed by atoms with E-state index >= 15 is 0 Å². The maximum absolute atomic E-state index is 11.6. The van der Waals surface area contributed by atoms with Crippen LogP contribution in [0.15, 0.2) is 22.7 Å². The van der Waals surface area contributed by atoms with Crippen molar-refractivity contribution in [2.75, 3.05) is 4.90 Å². The lowest BCUT2D eigenvalue weighted by molar-refractivity contribution is -0.138. The molecule has 1 aliphatic carbocycles. The summed E-state index contributed by atoms with van der Waals surface area (Å²) in [6.07, 6.45) is 5.30. The summed E-state index contributed by atoms with van der Waals surface area (Å²) < 4.78 is 0.728. The van der Waals surface area contributed by atoms with E-state index in [4.69, 9.17) is 5.26 Å². The first kappa shape index (κ1) is 14.4. The molecule has 110 valence electrons. The summed E-state index contributed by atoms with van der Waals surface area (Å²) in [7, 11) is 0.